The van der Waals surface area contributed by atoms with Gasteiger partial charge in [-0.05, 0) is 41.3 Å². The first kappa shape index (κ1) is 26.0. The van der Waals surface area contributed by atoms with Crippen LogP contribution >= 0.6 is 23.4 Å². The van der Waals surface area contributed by atoms with Crippen molar-refractivity contribution in [2.45, 2.75) is 37.5 Å². The van der Waals surface area contributed by atoms with Gasteiger partial charge in [0.05, 0.1) is 23.9 Å². The maximum atomic E-state index is 12.8. The average molecular weight is 547 g/mol. The molecule has 0 aliphatic carbocycles. The van der Waals surface area contributed by atoms with E-state index in [4.69, 9.17) is 21.4 Å². The highest BCUT2D eigenvalue weighted by Gasteiger charge is 2.39. The lowest BCUT2D eigenvalue weighted by molar-refractivity contribution is -0.121. The molecule has 5 rings (SSSR count). The first-order valence-corrected chi connectivity index (χ1v) is 13.6. The molecule has 2 aliphatic heterocycles. The highest BCUT2D eigenvalue weighted by molar-refractivity contribution is 8.15. The van der Waals surface area contributed by atoms with Gasteiger partial charge >= 0.3 is 0 Å². The first-order chi connectivity index (χ1) is 18.4. The van der Waals surface area contributed by atoms with Crippen molar-refractivity contribution in [3.05, 3.63) is 94.5 Å². The molecular weight excluding hydrogens is 520 g/mol. The van der Waals surface area contributed by atoms with E-state index >= 15 is 0 Å². The molecule has 2 amide bonds. The molecule has 0 saturated carbocycles. The number of nitrogens with one attached hydrogen (secondary N) is 1. The van der Waals surface area contributed by atoms with Gasteiger partial charge in [-0.15, -0.1) is 0 Å². The number of amidine groups is 1. The fourth-order valence-electron chi connectivity index (χ4n) is 4.46. The van der Waals surface area contributed by atoms with E-state index in [-0.39, 0.29) is 24.3 Å². The predicted octanol–water partition coefficient (Wildman–Crippen LogP) is 6.09. The number of aryl methyl sites for hydroxylation is 1. The minimum atomic E-state index is -0.627. The molecule has 7 nitrogen and oxygen atoms in total. The number of thioether (sulfide) groups is 1. The van der Waals surface area contributed by atoms with Crippen LogP contribution in [0.4, 0.5) is 5.69 Å². The van der Waals surface area contributed by atoms with Gasteiger partial charge in [0, 0.05) is 18.5 Å². The molecule has 0 saturated heterocycles. The Morgan fingerprint density at radius 1 is 1.13 bits per heavy atom. The van der Waals surface area contributed by atoms with Crippen molar-refractivity contribution in [3.63, 3.8) is 0 Å². The number of methoxy groups -OCH3 is 1. The van der Waals surface area contributed by atoms with Crippen molar-refractivity contribution >= 4 is 51.7 Å². The zero-order chi connectivity index (χ0) is 26.6. The Morgan fingerprint density at radius 3 is 2.58 bits per heavy atom. The second kappa shape index (κ2) is 11.4. The summed E-state index contributed by atoms with van der Waals surface area (Å²) in [7, 11) is 1.53. The Kier molecular flexibility index (Phi) is 7.81. The van der Waals surface area contributed by atoms with Crippen LogP contribution < -0.4 is 10.1 Å². The lowest BCUT2D eigenvalue weighted by Crippen LogP contribution is -2.25. The molecule has 9 heteroatoms. The van der Waals surface area contributed by atoms with E-state index in [2.05, 4.69) is 41.5 Å². The lowest BCUT2D eigenvalue weighted by Gasteiger charge is -2.23. The molecule has 0 spiro atoms. The minimum Gasteiger partial charge on any atom is -0.495 e. The SMILES string of the molecule is CCc1ccc([C@@H]2CC(c3ccccc3)=NN2C2=NC(=O)[C@H](CC(=O)Nc3ccc(OC)c(Cl)c3)S2)cc1. The highest BCUT2D eigenvalue weighted by Crippen LogP contribution is 2.39. The minimum absolute atomic E-state index is 0.0148. The number of hydrogen-bond donors (Lipinski definition) is 1. The smallest absolute Gasteiger partial charge is 0.262 e. The van der Waals surface area contributed by atoms with Gasteiger partial charge < -0.3 is 10.1 Å². The third-order valence-corrected chi connectivity index (χ3v) is 7.96. The maximum absolute atomic E-state index is 12.8. The number of halogens is 1. The standard InChI is InChI=1S/C29H27ClN4O3S/c1-3-18-9-11-20(12-10-18)24-16-23(19-7-5-4-6-8-19)33-34(24)29-32-28(36)26(38-29)17-27(35)31-21-13-14-25(37-2)22(30)15-21/h4-15,24,26H,3,16-17H2,1-2H3,(H,31,35)/t24-,26-/m0/s1. The molecule has 2 atom stereocenters. The number of amides is 2. The molecule has 194 valence electrons. The van der Waals surface area contributed by atoms with Crippen LogP contribution in [-0.2, 0) is 16.0 Å². The summed E-state index contributed by atoms with van der Waals surface area (Å²) in [5.41, 5.74) is 4.86. The molecule has 0 fully saturated rings. The number of carbonyl (C=O) groups is 2. The molecule has 0 radical (unpaired) electrons. The second-order valence-electron chi connectivity index (χ2n) is 9.01. The number of hydrazone groups is 1. The Morgan fingerprint density at radius 2 is 1.89 bits per heavy atom. The van der Waals surface area contributed by atoms with Crippen LogP contribution in [0.1, 0.15) is 42.5 Å². The van der Waals surface area contributed by atoms with Crippen LogP contribution in [0.3, 0.4) is 0 Å². The summed E-state index contributed by atoms with van der Waals surface area (Å²) in [5, 5.41) is 9.82. The zero-order valence-electron chi connectivity index (χ0n) is 21.1. The van der Waals surface area contributed by atoms with E-state index in [0.29, 0.717) is 28.0 Å². The molecule has 2 aliphatic rings. The van der Waals surface area contributed by atoms with E-state index in [9.17, 15) is 9.59 Å². The number of carbonyl (C=O) groups excluding carboxylic acids is 2. The molecule has 2 heterocycles. The predicted molar refractivity (Wildman–Crippen MR) is 153 cm³/mol. The number of aliphatic imine (C=N–C) groups is 1. The van der Waals surface area contributed by atoms with Gasteiger partial charge in [0.2, 0.25) is 5.91 Å². The topological polar surface area (TPSA) is 83.4 Å². The van der Waals surface area contributed by atoms with Gasteiger partial charge in [0.1, 0.15) is 11.0 Å². The Labute approximate surface area is 230 Å². The van der Waals surface area contributed by atoms with Crippen molar-refractivity contribution in [3.8, 4) is 5.75 Å². The van der Waals surface area contributed by atoms with Crippen LogP contribution in [0.2, 0.25) is 5.02 Å². The van der Waals surface area contributed by atoms with E-state index < -0.39 is 5.25 Å². The molecule has 0 unspecified atom stereocenters. The van der Waals surface area contributed by atoms with Crippen LogP contribution in [0.25, 0.3) is 0 Å². The number of nitrogens with zero attached hydrogens (tertiary/aromatic N) is 3. The number of hydrogen-bond acceptors (Lipinski definition) is 6. The number of ether oxygens (including phenoxy) is 1. The molecule has 3 aromatic rings. The molecule has 38 heavy (non-hydrogen) atoms. The average Bonchev–Trinajstić information content (AvgIpc) is 3.53. The van der Waals surface area contributed by atoms with Crippen molar-refractivity contribution in [1.29, 1.82) is 0 Å². The van der Waals surface area contributed by atoms with Crippen molar-refractivity contribution in [2.24, 2.45) is 10.1 Å². The van der Waals surface area contributed by atoms with Crippen LogP contribution in [0.5, 0.6) is 5.75 Å². The monoisotopic (exact) mass is 546 g/mol. The molecule has 3 aromatic carbocycles. The first-order valence-electron chi connectivity index (χ1n) is 12.4. The van der Waals surface area contributed by atoms with E-state index in [1.54, 1.807) is 18.2 Å². The second-order valence-corrected chi connectivity index (χ2v) is 10.6. The maximum Gasteiger partial charge on any atom is 0.262 e. The Bertz CT molecular complexity index is 1410. The van der Waals surface area contributed by atoms with Crippen molar-refractivity contribution in [2.75, 3.05) is 12.4 Å². The number of benzene rings is 3. The third kappa shape index (κ3) is 5.61. The Balaban J connectivity index is 1.32. The number of rotatable bonds is 7. The third-order valence-electron chi connectivity index (χ3n) is 6.52. The normalized spacial score (nSPS) is 18.8. The van der Waals surface area contributed by atoms with Crippen molar-refractivity contribution < 1.29 is 14.3 Å². The summed E-state index contributed by atoms with van der Waals surface area (Å²) < 4.78 is 5.15. The van der Waals surface area contributed by atoms with Gasteiger partial charge in [-0.3, -0.25) is 9.59 Å². The summed E-state index contributed by atoms with van der Waals surface area (Å²) in [6.45, 7) is 2.13. The molecular formula is C29H27ClN4O3S. The van der Waals surface area contributed by atoms with Crippen LogP contribution in [0, 0.1) is 0 Å². The highest BCUT2D eigenvalue weighted by atomic mass is 35.5. The summed E-state index contributed by atoms with van der Waals surface area (Å²) in [6, 6.07) is 23.4. The summed E-state index contributed by atoms with van der Waals surface area (Å²) in [5.74, 6) is -0.115. The summed E-state index contributed by atoms with van der Waals surface area (Å²) in [6.07, 6.45) is 1.63. The van der Waals surface area contributed by atoms with E-state index in [1.165, 1.54) is 24.4 Å². The molecule has 0 bridgehead atoms. The van der Waals surface area contributed by atoms with Crippen LogP contribution in [-0.4, -0.2) is 40.1 Å². The van der Waals surface area contributed by atoms with Gasteiger partial charge in [0.15, 0.2) is 5.17 Å². The van der Waals surface area contributed by atoms with Gasteiger partial charge in [-0.25, -0.2) is 5.01 Å². The van der Waals surface area contributed by atoms with Gasteiger partial charge in [0.25, 0.3) is 5.91 Å². The summed E-state index contributed by atoms with van der Waals surface area (Å²) >= 11 is 7.44. The van der Waals surface area contributed by atoms with Crippen molar-refractivity contribution in [1.82, 2.24) is 5.01 Å². The van der Waals surface area contributed by atoms with Crippen LogP contribution in [0.15, 0.2) is 82.9 Å². The zero-order valence-corrected chi connectivity index (χ0v) is 22.6. The molecule has 0 aromatic heterocycles. The fraction of sp³-hybridized carbons (Fsp3) is 0.241. The fourth-order valence-corrected chi connectivity index (χ4v) is 5.78. The van der Waals surface area contributed by atoms with Gasteiger partial charge in [-0.1, -0.05) is 84.9 Å². The molecule has 1 N–H and O–H groups in total. The summed E-state index contributed by atoms with van der Waals surface area (Å²) in [4.78, 5) is 29.9. The largest absolute Gasteiger partial charge is 0.495 e. The van der Waals surface area contributed by atoms with E-state index in [1.807, 2.05) is 35.3 Å². The van der Waals surface area contributed by atoms with Gasteiger partial charge in [-0.2, -0.15) is 10.1 Å². The van der Waals surface area contributed by atoms with E-state index in [0.717, 1.165) is 23.3 Å². The lowest BCUT2D eigenvalue weighted by atomic mass is 9.97. The quantitative estimate of drug-likeness (QED) is 0.388. The number of anilines is 1. The Hall–Kier alpha value is -3.62.